The molecular weight excluding hydrogens is 440 g/mol. The van der Waals surface area contributed by atoms with Gasteiger partial charge in [0, 0.05) is 37.0 Å². The first-order valence-corrected chi connectivity index (χ1v) is 10.3. The van der Waals surface area contributed by atoms with Crippen molar-refractivity contribution in [3.05, 3.63) is 48.9 Å². The van der Waals surface area contributed by atoms with Gasteiger partial charge in [-0.1, -0.05) is 0 Å². The van der Waals surface area contributed by atoms with Gasteiger partial charge in [-0.2, -0.15) is 5.10 Å². The lowest BCUT2D eigenvalue weighted by Crippen LogP contribution is -2.28. The normalized spacial score (nSPS) is 14.9. The molecule has 1 aliphatic rings. The molecule has 4 aromatic rings. The molecule has 0 aliphatic carbocycles. The highest BCUT2D eigenvalue weighted by atomic mass is 16.6. The Balaban J connectivity index is 1.59. The van der Waals surface area contributed by atoms with Crippen LogP contribution in [0.4, 0.5) is 11.5 Å². The summed E-state index contributed by atoms with van der Waals surface area (Å²) in [6, 6.07) is 9.12. The highest BCUT2D eigenvalue weighted by Crippen LogP contribution is 2.33. The van der Waals surface area contributed by atoms with E-state index >= 15 is 0 Å². The van der Waals surface area contributed by atoms with Gasteiger partial charge in [-0.15, -0.1) is 5.10 Å². The van der Waals surface area contributed by atoms with Crippen molar-refractivity contribution in [1.82, 2.24) is 30.2 Å². The summed E-state index contributed by atoms with van der Waals surface area (Å²) in [7, 11) is 5.00. The van der Waals surface area contributed by atoms with Crippen molar-refractivity contribution < 1.29 is 19.3 Å². The summed E-state index contributed by atoms with van der Waals surface area (Å²) in [5.41, 5.74) is 5.80. The van der Waals surface area contributed by atoms with Crippen LogP contribution in [0.5, 0.6) is 11.5 Å². The standard InChI is InChI=1S/C22H22N8O4/c1-29-11-13(9-24-29)18-10-23-17-4-5-19(26-21(17)25-18)30(12-20-27-28-22(31)34-20)14-6-15(32-2)8-16(7-14)33-3/h4-11,22,28,31H,12H2,1-3H3. The molecule has 0 bridgehead atoms. The molecule has 0 fully saturated rings. The lowest BCUT2D eigenvalue weighted by atomic mass is 10.2. The number of fused-ring (bicyclic) bond motifs is 1. The second-order valence-electron chi connectivity index (χ2n) is 7.43. The number of pyridine rings is 1. The molecule has 4 heterocycles. The maximum atomic E-state index is 9.65. The number of ether oxygens (including phenoxy) is 3. The Hall–Kier alpha value is -4.45. The van der Waals surface area contributed by atoms with Crippen LogP contribution in [-0.2, 0) is 11.8 Å². The van der Waals surface area contributed by atoms with Gasteiger partial charge in [-0.05, 0) is 12.1 Å². The van der Waals surface area contributed by atoms with Crippen molar-refractivity contribution in [1.29, 1.82) is 0 Å². The zero-order valence-electron chi connectivity index (χ0n) is 18.7. The summed E-state index contributed by atoms with van der Waals surface area (Å²) in [6.45, 7) is 0.175. The number of aliphatic hydroxyl groups is 1. The molecule has 1 unspecified atom stereocenters. The summed E-state index contributed by atoms with van der Waals surface area (Å²) in [4.78, 5) is 15.8. The average Bonchev–Trinajstić information content (AvgIpc) is 3.49. The maximum absolute atomic E-state index is 9.65. The summed E-state index contributed by atoms with van der Waals surface area (Å²) >= 11 is 0. The van der Waals surface area contributed by atoms with Crippen molar-refractivity contribution in [2.45, 2.75) is 6.41 Å². The Morgan fingerprint density at radius 2 is 1.91 bits per heavy atom. The Kier molecular flexibility index (Phi) is 5.55. The highest BCUT2D eigenvalue weighted by molar-refractivity contribution is 5.86. The molecule has 1 atom stereocenters. The topological polar surface area (TPSA) is 132 Å². The van der Waals surface area contributed by atoms with Crippen LogP contribution in [0.1, 0.15) is 0 Å². The molecule has 1 aromatic carbocycles. The SMILES string of the molecule is COc1cc(OC)cc(N(CC2=NNC(O)O2)c2ccc3ncc(-c4cnn(C)c4)nc3n2)c1. The highest BCUT2D eigenvalue weighted by Gasteiger charge is 2.23. The van der Waals surface area contributed by atoms with Crippen LogP contribution in [0, 0.1) is 0 Å². The fourth-order valence-corrected chi connectivity index (χ4v) is 3.50. The third kappa shape index (κ3) is 4.26. The average molecular weight is 462 g/mol. The molecule has 3 aromatic heterocycles. The minimum Gasteiger partial charge on any atom is -0.497 e. The number of anilines is 2. The van der Waals surface area contributed by atoms with E-state index < -0.39 is 6.41 Å². The minimum atomic E-state index is -1.20. The molecule has 1 aliphatic heterocycles. The fourth-order valence-electron chi connectivity index (χ4n) is 3.50. The summed E-state index contributed by atoms with van der Waals surface area (Å²) in [5, 5.41) is 17.9. The predicted molar refractivity (Wildman–Crippen MR) is 124 cm³/mol. The molecule has 0 saturated heterocycles. The van der Waals surface area contributed by atoms with Crippen molar-refractivity contribution in [3.8, 4) is 22.8 Å². The Morgan fingerprint density at radius 3 is 2.56 bits per heavy atom. The van der Waals surface area contributed by atoms with Crippen LogP contribution in [0.2, 0.25) is 0 Å². The Morgan fingerprint density at radius 1 is 1.12 bits per heavy atom. The molecule has 174 valence electrons. The monoisotopic (exact) mass is 462 g/mol. The lowest BCUT2D eigenvalue weighted by Gasteiger charge is -2.24. The van der Waals surface area contributed by atoms with Crippen LogP contribution in [-0.4, -0.2) is 62.9 Å². The van der Waals surface area contributed by atoms with Gasteiger partial charge in [0.25, 0.3) is 6.41 Å². The first-order valence-electron chi connectivity index (χ1n) is 10.3. The van der Waals surface area contributed by atoms with E-state index in [0.717, 1.165) is 5.56 Å². The van der Waals surface area contributed by atoms with E-state index in [0.29, 0.717) is 39.9 Å². The second kappa shape index (κ2) is 8.83. The van der Waals surface area contributed by atoms with E-state index in [-0.39, 0.29) is 12.4 Å². The van der Waals surface area contributed by atoms with Crippen LogP contribution in [0.3, 0.4) is 0 Å². The minimum absolute atomic E-state index is 0.175. The van der Waals surface area contributed by atoms with Gasteiger partial charge in [0.2, 0.25) is 5.90 Å². The van der Waals surface area contributed by atoms with Crippen molar-refractivity contribution in [2.24, 2.45) is 12.1 Å². The molecule has 5 rings (SSSR count). The van der Waals surface area contributed by atoms with E-state index in [1.54, 1.807) is 37.4 Å². The van der Waals surface area contributed by atoms with Crippen LogP contribution < -0.4 is 19.8 Å². The summed E-state index contributed by atoms with van der Waals surface area (Å²) in [6.07, 6.45) is 4.08. The molecule has 0 radical (unpaired) electrons. The van der Waals surface area contributed by atoms with Gasteiger partial charge in [-0.3, -0.25) is 9.67 Å². The van der Waals surface area contributed by atoms with Gasteiger partial charge in [0.05, 0.1) is 38.0 Å². The number of aliphatic hydroxyl groups excluding tert-OH is 1. The smallest absolute Gasteiger partial charge is 0.295 e. The molecule has 0 spiro atoms. The van der Waals surface area contributed by atoms with Gasteiger partial charge >= 0.3 is 0 Å². The molecule has 34 heavy (non-hydrogen) atoms. The zero-order chi connectivity index (χ0) is 23.7. The zero-order valence-corrected chi connectivity index (χ0v) is 18.7. The lowest BCUT2D eigenvalue weighted by molar-refractivity contribution is -0.0341. The molecule has 0 saturated carbocycles. The molecule has 2 N–H and O–H groups in total. The number of aromatic nitrogens is 5. The fraction of sp³-hybridized carbons (Fsp3) is 0.227. The number of benzene rings is 1. The summed E-state index contributed by atoms with van der Waals surface area (Å²) in [5.74, 6) is 2.05. The van der Waals surface area contributed by atoms with E-state index in [4.69, 9.17) is 24.2 Å². The number of hydrogen-bond donors (Lipinski definition) is 2. The molecule has 12 nitrogen and oxygen atoms in total. The number of hydrogen-bond acceptors (Lipinski definition) is 11. The Labute approximate surface area is 194 Å². The van der Waals surface area contributed by atoms with E-state index in [1.165, 1.54) is 0 Å². The van der Waals surface area contributed by atoms with Crippen LogP contribution in [0.25, 0.3) is 22.4 Å². The van der Waals surface area contributed by atoms with Crippen LogP contribution >= 0.6 is 0 Å². The van der Waals surface area contributed by atoms with E-state index in [9.17, 15) is 5.11 Å². The number of rotatable bonds is 7. The number of hydrazone groups is 1. The van der Waals surface area contributed by atoms with Gasteiger partial charge in [0.15, 0.2) is 5.65 Å². The summed E-state index contributed by atoms with van der Waals surface area (Å²) < 4.78 is 17.9. The van der Waals surface area contributed by atoms with Gasteiger partial charge in [0.1, 0.15) is 29.4 Å². The van der Waals surface area contributed by atoms with E-state index in [2.05, 4.69) is 20.6 Å². The van der Waals surface area contributed by atoms with Gasteiger partial charge < -0.3 is 24.2 Å². The first kappa shape index (κ1) is 21.4. The number of methoxy groups -OCH3 is 2. The quantitative estimate of drug-likeness (QED) is 0.419. The predicted octanol–water partition coefficient (Wildman–Crippen LogP) is 1.79. The number of aryl methyl sites for hydroxylation is 1. The first-order chi connectivity index (χ1) is 16.5. The third-order valence-corrected chi connectivity index (χ3v) is 5.16. The number of nitrogens with zero attached hydrogens (tertiary/aromatic N) is 7. The van der Waals surface area contributed by atoms with Gasteiger partial charge in [-0.25, -0.2) is 15.4 Å². The van der Waals surface area contributed by atoms with E-state index in [1.807, 2.05) is 42.4 Å². The van der Waals surface area contributed by atoms with Crippen molar-refractivity contribution in [3.63, 3.8) is 0 Å². The molecular formula is C22H22N8O4. The second-order valence-corrected chi connectivity index (χ2v) is 7.43. The van der Waals surface area contributed by atoms with Crippen molar-refractivity contribution >= 4 is 28.6 Å². The van der Waals surface area contributed by atoms with Crippen molar-refractivity contribution in [2.75, 3.05) is 25.7 Å². The largest absolute Gasteiger partial charge is 0.497 e. The molecule has 0 amide bonds. The Bertz CT molecular complexity index is 1350. The third-order valence-electron chi connectivity index (χ3n) is 5.16. The van der Waals surface area contributed by atoms with Crippen LogP contribution in [0.15, 0.2) is 54.0 Å². The number of nitrogens with one attached hydrogen (secondary N) is 1. The maximum Gasteiger partial charge on any atom is 0.295 e. The molecule has 12 heteroatoms.